The highest BCUT2D eigenvalue weighted by Gasteiger charge is 2.70. The van der Waals surface area contributed by atoms with Gasteiger partial charge in [-0.3, -0.25) is 0 Å². The van der Waals surface area contributed by atoms with Gasteiger partial charge in [-0.15, -0.1) is 0 Å². The average Bonchev–Trinajstić information content (AvgIpc) is 2.34. The number of allylic oxidation sites excluding steroid dienone is 2. The minimum atomic E-state index is 0.401. The first-order chi connectivity index (χ1) is 6.52. The second kappa shape index (κ2) is 2.36. The molecule has 1 saturated carbocycles. The smallest absolute Gasteiger partial charge is 0.00514 e. The fraction of sp³-hybridized carbons (Fsp3) is 0.867. The zero-order valence-corrected chi connectivity index (χ0v) is 11.7. The van der Waals surface area contributed by atoms with Gasteiger partial charge in [-0.25, -0.2) is 0 Å². The summed E-state index contributed by atoms with van der Waals surface area (Å²) in [6.45, 7) is 19.5. The van der Waals surface area contributed by atoms with Crippen LogP contribution in [-0.4, -0.2) is 0 Å². The van der Waals surface area contributed by atoms with E-state index in [0.29, 0.717) is 21.7 Å². The van der Waals surface area contributed by atoms with Crippen LogP contribution in [0.5, 0.6) is 0 Å². The molecule has 0 saturated heterocycles. The first-order valence-corrected chi connectivity index (χ1v) is 6.21. The molecule has 2 aliphatic rings. The summed E-state index contributed by atoms with van der Waals surface area (Å²) in [5.74, 6) is 0. The third-order valence-corrected chi connectivity index (χ3v) is 7.25. The Bertz CT molecular complexity index is 322. The van der Waals surface area contributed by atoms with Crippen molar-refractivity contribution >= 4 is 0 Å². The summed E-state index contributed by atoms with van der Waals surface area (Å²) >= 11 is 0. The van der Waals surface area contributed by atoms with E-state index in [1.54, 1.807) is 11.1 Å². The predicted molar refractivity (Wildman–Crippen MR) is 66.8 cm³/mol. The van der Waals surface area contributed by atoms with Gasteiger partial charge >= 0.3 is 0 Å². The van der Waals surface area contributed by atoms with Crippen molar-refractivity contribution in [3.8, 4) is 0 Å². The molecular weight excluding hydrogens is 180 g/mol. The van der Waals surface area contributed by atoms with Crippen molar-refractivity contribution in [1.29, 1.82) is 0 Å². The number of fused-ring (bicyclic) bond motifs is 2. The molecule has 0 aromatic heterocycles. The topological polar surface area (TPSA) is 0 Å². The van der Waals surface area contributed by atoms with Crippen molar-refractivity contribution in [2.45, 2.75) is 61.8 Å². The Labute approximate surface area is 95.1 Å². The van der Waals surface area contributed by atoms with Crippen molar-refractivity contribution in [3.05, 3.63) is 11.1 Å². The van der Waals surface area contributed by atoms with E-state index in [0.717, 1.165) is 0 Å². The number of rotatable bonds is 0. The summed E-state index contributed by atoms with van der Waals surface area (Å²) in [5, 5.41) is 0. The van der Waals surface area contributed by atoms with Gasteiger partial charge in [0.05, 0.1) is 0 Å². The maximum absolute atomic E-state index is 2.48. The Balaban J connectivity index is 2.76. The van der Waals surface area contributed by atoms with Gasteiger partial charge in [-0.05, 0) is 41.9 Å². The first kappa shape index (κ1) is 11.2. The molecule has 0 nitrogen and oxygen atoms in total. The molecule has 2 atom stereocenters. The minimum absolute atomic E-state index is 0.401. The van der Waals surface area contributed by atoms with Crippen LogP contribution in [0.25, 0.3) is 0 Å². The molecule has 0 amide bonds. The predicted octanol–water partition coefficient (Wildman–Crippen LogP) is 4.81. The van der Waals surface area contributed by atoms with Gasteiger partial charge < -0.3 is 0 Å². The Kier molecular flexibility index (Phi) is 1.77. The molecule has 0 heterocycles. The lowest BCUT2D eigenvalue weighted by Gasteiger charge is -2.54. The van der Waals surface area contributed by atoms with Crippen LogP contribution in [0.3, 0.4) is 0 Å². The Hall–Kier alpha value is -0.260. The molecule has 0 aromatic rings. The summed E-state index contributed by atoms with van der Waals surface area (Å²) in [5.41, 5.74) is 4.95. The minimum Gasteiger partial charge on any atom is -0.0673 e. The third-order valence-electron chi connectivity index (χ3n) is 7.25. The van der Waals surface area contributed by atoms with Crippen LogP contribution in [0.15, 0.2) is 11.1 Å². The van der Waals surface area contributed by atoms with Crippen molar-refractivity contribution < 1.29 is 0 Å². The second-order valence-corrected chi connectivity index (χ2v) is 7.34. The SMILES string of the molecule is CC1=C(C)C2(C)CC1(C)C(C)(C)C2(C)C. The van der Waals surface area contributed by atoms with Gasteiger partial charge in [0.1, 0.15) is 0 Å². The van der Waals surface area contributed by atoms with Crippen molar-refractivity contribution in [2.24, 2.45) is 21.7 Å². The van der Waals surface area contributed by atoms with Crippen molar-refractivity contribution in [2.75, 3.05) is 0 Å². The standard InChI is InChI=1S/C15H26/c1-10-11(2)15(8)9-14(10,7)12(3,4)13(15,5)6/h9H2,1-8H3. The highest BCUT2D eigenvalue weighted by molar-refractivity contribution is 5.42. The monoisotopic (exact) mass is 206 g/mol. The molecule has 1 fully saturated rings. The van der Waals surface area contributed by atoms with Crippen molar-refractivity contribution in [3.63, 3.8) is 0 Å². The van der Waals surface area contributed by atoms with Crippen LogP contribution in [0.1, 0.15) is 61.8 Å². The summed E-state index contributed by atoms with van der Waals surface area (Å²) < 4.78 is 0. The van der Waals surface area contributed by atoms with E-state index in [1.165, 1.54) is 6.42 Å². The van der Waals surface area contributed by atoms with E-state index >= 15 is 0 Å². The lowest BCUT2D eigenvalue weighted by Crippen LogP contribution is -2.46. The van der Waals surface area contributed by atoms with Crippen molar-refractivity contribution in [1.82, 2.24) is 0 Å². The molecule has 0 aliphatic heterocycles. The maximum Gasteiger partial charge on any atom is -0.00514 e. The summed E-state index contributed by atoms with van der Waals surface area (Å²) in [6, 6.07) is 0. The fourth-order valence-corrected chi connectivity index (χ4v) is 4.56. The highest BCUT2D eigenvalue weighted by atomic mass is 14.7. The van der Waals surface area contributed by atoms with E-state index < -0.39 is 0 Å². The second-order valence-electron chi connectivity index (χ2n) is 7.34. The van der Waals surface area contributed by atoms with Gasteiger partial charge in [0.25, 0.3) is 0 Å². The van der Waals surface area contributed by atoms with E-state index in [4.69, 9.17) is 0 Å². The first-order valence-electron chi connectivity index (χ1n) is 6.21. The molecule has 15 heavy (non-hydrogen) atoms. The molecule has 0 radical (unpaired) electrons. The van der Waals surface area contributed by atoms with Gasteiger partial charge in [0.15, 0.2) is 0 Å². The highest BCUT2D eigenvalue weighted by Crippen LogP contribution is 2.78. The molecule has 0 heteroatoms. The van der Waals surface area contributed by atoms with Gasteiger partial charge in [-0.1, -0.05) is 52.7 Å². The quantitative estimate of drug-likeness (QED) is 0.499. The normalized spacial score (nSPS) is 46.4. The average molecular weight is 206 g/mol. The lowest BCUT2D eigenvalue weighted by atomic mass is 9.50. The van der Waals surface area contributed by atoms with E-state index in [1.807, 2.05) is 0 Å². The molecule has 2 bridgehead atoms. The van der Waals surface area contributed by atoms with Gasteiger partial charge in [0, 0.05) is 0 Å². The summed E-state index contributed by atoms with van der Waals surface area (Å²) in [6.07, 6.45) is 1.34. The van der Waals surface area contributed by atoms with Crippen LogP contribution in [0.2, 0.25) is 0 Å². The van der Waals surface area contributed by atoms with Gasteiger partial charge in [0.2, 0.25) is 0 Å². The van der Waals surface area contributed by atoms with E-state index in [-0.39, 0.29) is 0 Å². The largest absolute Gasteiger partial charge is 0.0673 e. The van der Waals surface area contributed by atoms with Gasteiger partial charge in [-0.2, -0.15) is 0 Å². The molecule has 2 rings (SSSR count). The molecule has 0 N–H and O–H groups in total. The number of hydrogen-bond donors (Lipinski definition) is 0. The van der Waals surface area contributed by atoms with E-state index in [9.17, 15) is 0 Å². The van der Waals surface area contributed by atoms with Crippen LogP contribution in [0, 0.1) is 21.7 Å². The zero-order chi connectivity index (χ0) is 11.9. The zero-order valence-electron chi connectivity index (χ0n) is 11.7. The fourth-order valence-electron chi connectivity index (χ4n) is 4.56. The Morgan fingerprint density at radius 2 is 0.933 bits per heavy atom. The Morgan fingerprint density at radius 3 is 1.13 bits per heavy atom. The molecule has 2 unspecified atom stereocenters. The third kappa shape index (κ3) is 0.797. The van der Waals surface area contributed by atoms with E-state index in [2.05, 4.69) is 55.4 Å². The van der Waals surface area contributed by atoms with Crippen LogP contribution in [0.4, 0.5) is 0 Å². The summed E-state index contributed by atoms with van der Waals surface area (Å²) in [7, 11) is 0. The molecule has 0 aromatic carbocycles. The lowest BCUT2D eigenvalue weighted by molar-refractivity contribution is 0.0101. The summed E-state index contributed by atoms with van der Waals surface area (Å²) in [4.78, 5) is 0. The maximum atomic E-state index is 2.48. The molecule has 0 spiro atoms. The molecular formula is C15H26. The van der Waals surface area contributed by atoms with Crippen LogP contribution in [-0.2, 0) is 0 Å². The van der Waals surface area contributed by atoms with Crippen LogP contribution < -0.4 is 0 Å². The molecule has 2 aliphatic carbocycles. The number of hydrogen-bond acceptors (Lipinski definition) is 0. The Morgan fingerprint density at radius 1 is 0.667 bits per heavy atom. The van der Waals surface area contributed by atoms with Crippen LogP contribution >= 0.6 is 0 Å². The molecule has 86 valence electrons.